The fourth-order valence-corrected chi connectivity index (χ4v) is 2.60. The average Bonchev–Trinajstić information content (AvgIpc) is 2.48. The first-order valence-electron chi connectivity index (χ1n) is 6.42. The van der Waals surface area contributed by atoms with Crippen molar-refractivity contribution in [3.8, 4) is 0 Å². The Bertz CT molecular complexity index is 628. The Hall–Kier alpha value is -1.32. The van der Waals surface area contributed by atoms with E-state index >= 15 is 0 Å². The summed E-state index contributed by atoms with van der Waals surface area (Å²) in [6.45, 7) is 2.61. The largest absolute Gasteiger partial charge is 0.348 e. The van der Waals surface area contributed by atoms with Gasteiger partial charge in [-0.05, 0) is 45.6 Å². The van der Waals surface area contributed by atoms with Crippen LogP contribution in [0.3, 0.4) is 0 Å². The van der Waals surface area contributed by atoms with E-state index in [4.69, 9.17) is 11.6 Å². The second-order valence-electron chi connectivity index (χ2n) is 4.41. The number of rotatable bonds is 4. The molecule has 4 heteroatoms. The van der Waals surface area contributed by atoms with Crippen LogP contribution in [0.5, 0.6) is 0 Å². The molecule has 0 saturated heterocycles. The van der Waals surface area contributed by atoms with Crippen LogP contribution in [-0.2, 0) is 13.0 Å². The van der Waals surface area contributed by atoms with E-state index in [2.05, 4.69) is 34.2 Å². The number of halogens is 2. The van der Waals surface area contributed by atoms with E-state index in [1.54, 1.807) is 12.1 Å². The maximum absolute atomic E-state index is 12.2. The van der Waals surface area contributed by atoms with Crippen LogP contribution in [0.4, 0.5) is 0 Å². The lowest BCUT2D eigenvalue weighted by Crippen LogP contribution is -2.23. The molecule has 0 aliphatic heterocycles. The Balaban J connectivity index is 2.11. The quantitative estimate of drug-likeness (QED) is 0.856. The average molecular weight is 353 g/mol. The zero-order chi connectivity index (χ0) is 14.5. The molecule has 2 rings (SSSR count). The number of aryl methyl sites for hydroxylation is 1. The van der Waals surface area contributed by atoms with Gasteiger partial charge in [0.15, 0.2) is 0 Å². The van der Waals surface area contributed by atoms with Crippen molar-refractivity contribution in [2.24, 2.45) is 0 Å². The molecule has 0 heterocycles. The van der Waals surface area contributed by atoms with Crippen molar-refractivity contribution in [2.75, 3.05) is 0 Å². The van der Waals surface area contributed by atoms with Crippen LogP contribution in [0.2, 0.25) is 5.02 Å². The van der Waals surface area contributed by atoms with Crippen molar-refractivity contribution in [1.82, 2.24) is 5.32 Å². The van der Waals surface area contributed by atoms with Crippen LogP contribution in [0, 0.1) is 0 Å². The van der Waals surface area contributed by atoms with Crippen molar-refractivity contribution < 1.29 is 4.79 Å². The third-order valence-corrected chi connectivity index (χ3v) is 4.43. The van der Waals surface area contributed by atoms with Crippen molar-refractivity contribution in [3.63, 3.8) is 0 Å². The van der Waals surface area contributed by atoms with E-state index < -0.39 is 0 Å². The Morgan fingerprint density at radius 3 is 2.55 bits per heavy atom. The molecule has 2 aromatic carbocycles. The van der Waals surface area contributed by atoms with Gasteiger partial charge < -0.3 is 5.32 Å². The van der Waals surface area contributed by atoms with E-state index in [1.807, 2.05) is 24.3 Å². The minimum absolute atomic E-state index is 0.165. The van der Waals surface area contributed by atoms with Crippen LogP contribution >= 0.6 is 27.5 Å². The highest BCUT2D eigenvalue weighted by atomic mass is 79.9. The lowest BCUT2D eigenvalue weighted by atomic mass is 10.1. The van der Waals surface area contributed by atoms with E-state index in [-0.39, 0.29) is 5.91 Å². The van der Waals surface area contributed by atoms with Crippen LogP contribution in [-0.4, -0.2) is 5.91 Å². The molecule has 0 fully saturated rings. The summed E-state index contributed by atoms with van der Waals surface area (Å²) in [7, 11) is 0. The number of benzene rings is 2. The molecule has 0 aliphatic rings. The van der Waals surface area contributed by atoms with Crippen molar-refractivity contribution in [2.45, 2.75) is 19.9 Å². The molecule has 2 aromatic rings. The highest BCUT2D eigenvalue weighted by Crippen LogP contribution is 2.25. The van der Waals surface area contributed by atoms with Crippen molar-refractivity contribution >= 4 is 33.4 Å². The summed E-state index contributed by atoms with van der Waals surface area (Å²) in [6.07, 6.45) is 0.948. The molecule has 0 saturated carbocycles. The van der Waals surface area contributed by atoms with Crippen molar-refractivity contribution in [3.05, 3.63) is 68.7 Å². The Kier molecular flexibility index (Phi) is 5.21. The topological polar surface area (TPSA) is 29.1 Å². The first-order valence-corrected chi connectivity index (χ1v) is 7.59. The Morgan fingerprint density at radius 1 is 1.15 bits per heavy atom. The molecule has 20 heavy (non-hydrogen) atoms. The van der Waals surface area contributed by atoms with Gasteiger partial charge in [0.2, 0.25) is 0 Å². The molecular formula is C16H15BrClNO. The molecule has 0 aromatic heterocycles. The summed E-state index contributed by atoms with van der Waals surface area (Å²) < 4.78 is 0.723. The van der Waals surface area contributed by atoms with Gasteiger partial charge in [-0.1, -0.05) is 48.9 Å². The summed E-state index contributed by atoms with van der Waals surface area (Å²) in [4.78, 5) is 12.2. The van der Waals surface area contributed by atoms with Crippen LogP contribution in [0.15, 0.2) is 46.9 Å². The van der Waals surface area contributed by atoms with E-state index in [0.717, 1.165) is 16.5 Å². The lowest BCUT2D eigenvalue weighted by Gasteiger charge is -2.10. The van der Waals surface area contributed by atoms with E-state index in [9.17, 15) is 4.79 Å². The zero-order valence-electron chi connectivity index (χ0n) is 11.1. The standard InChI is InChI=1S/C16H15BrClNO/c1-2-11-6-3-4-7-12(11)10-19-16(20)13-8-5-9-14(17)15(13)18/h3-9H,2,10H2,1H3,(H,19,20). The number of hydrogen-bond donors (Lipinski definition) is 1. The van der Waals surface area contributed by atoms with E-state index in [0.29, 0.717) is 17.1 Å². The molecule has 1 amide bonds. The first-order chi connectivity index (χ1) is 9.63. The summed E-state index contributed by atoms with van der Waals surface area (Å²) in [5.74, 6) is -0.165. The number of hydrogen-bond acceptors (Lipinski definition) is 1. The summed E-state index contributed by atoms with van der Waals surface area (Å²) in [6, 6.07) is 13.4. The molecule has 0 atom stereocenters. The predicted molar refractivity (Wildman–Crippen MR) is 86.1 cm³/mol. The molecule has 0 spiro atoms. The third-order valence-electron chi connectivity index (χ3n) is 3.13. The maximum atomic E-state index is 12.2. The highest BCUT2D eigenvalue weighted by molar-refractivity contribution is 9.10. The third kappa shape index (κ3) is 3.41. The first kappa shape index (κ1) is 15.1. The molecular weight excluding hydrogens is 338 g/mol. The smallest absolute Gasteiger partial charge is 0.253 e. The minimum Gasteiger partial charge on any atom is -0.348 e. The van der Waals surface area contributed by atoms with Gasteiger partial charge in [-0.3, -0.25) is 4.79 Å². The van der Waals surface area contributed by atoms with Gasteiger partial charge >= 0.3 is 0 Å². The molecule has 2 nitrogen and oxygen atoms in total. The molecule has 0 aliphatic carbocycles. The Labute approximate surface area is 132 Å². The highest BCUT2D eigenvalue weighted by Gasteiger charge is 2.12. The van der Waals surface area contributed by atoms with Gasteiger partial charge in [0.05, 0.1) is 10.6 Å². The molecule has 1 N–H and O–H groups in total. The molecule has 104 valence electrons. The zero-order valence-corrected chi connectivity index (χ0v) is 13.5. The predicted octanol–water partition coefficient (Wildman–Crippen LogP) is 4.59. The maximum Gasteiger partial charge on any atom is 0.253 e. The van der Waals surface area contributed by atoms with Gasteiger partial charge in [-0.25, -0.2) is 0 Å². The summed E-state index contributed by atoms with van der Waals surface area (Å²) in [5, 5.41) is 3.35. The second-order valence-corrected chi connectivity index (χ2v) is 5.64. The fraction of sp³-hybridized carbons (Fsp3) is 0.188. The van der Waals surface area contributed by atoms with Gasteiger partial charge in [0.25, 0.3) is 5.91 Å². The summed E-state index contributed by atoms with van der Waals surface area (Å²) in [5.41, 5.74) is 2.86. The molecule has 0 radical (unpaired) electrons. The van der Waals surface area contributed by atoms with Gasteiger partial charge in [0, 0.05) is 11.0 Å². The van der Waals surface area contributed by atoms with Crippen LogP contribution in [0.1, 0.15) is 28.4 Å². The fourth-order valence-electron chi connectivity index (χ4n) is 2.02. The lowest BCUT2D eigenvalue weighted by molar-refractivity contribution is 0.0951. The number of carbonyl (C=O) groups is 1. The van der Waals surface area contributed by atoms with E-state index in [1.165, 1.54) is 5.56 Å². The number of nitrogens with one attached hydrogen (secondary N) is 1. The normalized spacial score (nSPS) is 10.3. The minimum atomic E-state index is -0.165. The second kappa shape index (κ2) is 6.91. The van der Waals surface area contributed by atoms with Gasteiger partial charge in [-0.2, -0.15) is 0 Å². The van der Waals surface area contributed by atoms with Gasteiger partial charge in [0.1, 0.15) is 0 Å². The Morgan fingerprint density at radius 2 is 1.85 bits per heavy atom. The monoisotopic (exact) mass is 351 g/mol. The van der Waals surface area contributed by atoms with Crippen LogP contribution < -0.4 is 5.32 Å². The van der Waals surface area contributed by atoms with Gasteiger partial charge in [-0.15, -0.1) is 0 Å². The van der Waals surface area contributed by atoms with Crippen LogP contribution in [0.25, 0.3) is 0 Å². The summed E-state index contributed by atoms with van der Waals surface area (Å²) >= 11 is 9.44. The van der Waals surface area contributed by atoms with Crippen molar-refractivity contribution in [1.29, 1.82) is 0 Å². The number of carbonyl (C=O) groups excluding carboxylic acids is 1. The number of amides is 1. The SMILES string of the molecule is CCc1ccccc1CNC(=O)c1cccc(Br)c1Cl. The molecule has 0 unspecified atom stereocenters. The molecule has 0 bridgehead atoms.